The number of anilines is 1. The van der Waals surface area contributed by atoms with Gasteiger partial charge in [0.1, 0.15) is 0 Å². The Morgan fingerprint density at radius 1 is 1.41 bits per heavy atom. The first-order valence-electron chi connectivity index (χ1n) is 4.88. The number of thiophene rings is 1. The molecule has 2 aromatic heterocycles. The van der Waals surface area contributed by atoms with Crippen LogP contribution in [0.4, 0.5) is 5.95 Å². The van der Waals surface area contributed by atoms with Crippen LogP contribution in [0.2, 0.25) is 5.28 Å². The molecule has 0 unspecified atom stereocenters. The fourth-order valence-electron chi connectivity index (χ4n) is 1.29. The second-order valence-corrected chi connectivity index (χ2v) is 4.70. The Hall–Kier alpha value is -1.40. The van der Waals surface area contributed by atoms with Gasteiger partial charge in [-0.2, -0.15) is 15.0 Å². The summed E-state index contributed by atoms with van der Waals surface area (Å²) >= 11 is 7.47. The Kier molecular flexibility index (Phi) is 3.75. The summed E-state index contributed by atoms with van der Waals surface area (Å²) in [5, 5.41) is 2.16. The summed E-state index contributed by atoms with van der Waals surface area (Å²) < 4.78 is 4.95. The van der Waals surface area contributed by atoms with Crippen molar-refractivity contribution in [3.63, 3.8) is 0 Å². The lowest BCUT2D eigenvalue weighted by atomic mass is 10.4. The van der Waals surface area contributed by atoms with Crippen molar-refractivity contribution >= 4 is 28.9 Å². The van der Waals surface area contributed by atoms with E-state index < -0.39 is 0 Å². The van der Waals surface area contributed by atoms with Gasteiger partial charge in [-0.05, 0) is 23.0 Å². The topological polar surface area (TPSA) is 51.1 Å². The zero-order chi connectivity index (χ0) is 12.3. The van der Waals surface area contributed by atoms with Crippen molar-refractivity contribution in [3.05, 3.63) is 27.7 Å². The molecule has 0 bridgehead atoms. The van der Waals surface area contributed by atoms with Crippen LogP contribution in [0.1, 0.15) is 4.88 Å². The lowest BCUT2D eigenvalue weighted by Gasteiger charge is -2.16. The van der Waals surface area contributed by atoms with Gasteiger partial charge in [-0.1, -0.05) is 6.07 Å². The average molecular weight is 271 g/mol. The van der Waals surface area contributed by atoms with E-state index in [1.807, 2.05) is 23.4 Å². The van der Waals surface area contributed by atoms with E-state index in [0.717, 1.165) is 6.54 Å². The van der Waals surface area contributed by atoms with E-state index in [1.54, 1.807) is 11.3 Å². The molecule has 2 rings (SSSR count). The minimum Gasteiger partial charge on any atom is -0.467 e. The van der Waals surface area contributed by atoms with Gasteiger partial charge in [0.2, 0.25) is 11.2 Å². The van der Waals surface area contributed by atoms with Crippen LogP contribution in [-0.2, 0) is 6.54 Å². The van der Waals surface area contributed by atoms with E-state index >= 15 is 0 Å². The highest BCUT2D eigenvalue weighted by molar-refractivity contribution is 7.09. The first kappa shape index (κ1) is 12.1. The smallest absolute Gasteiger partial charge is 0.322 e. The molecule has 0 aliphatic carbocycles. The fourth-order valence-corrected chi connectivity index (χ4v) is 2.20. The van der Waals surface area contributed by atoms with Crippen LogP contribution in [-0.4, -0.2) is 29.1 Å². The molecule has 0 aromatic carbocycles. The van der Waals surface area contributed by atoms with E-state index in [2.05, 4.69) is 21.0 Å². The lowest BCUT2D eigenvalue weighted by molar-refractivity contribution is 0.378. The molecule has 0 atom stereocenters. The van der Waals surface area contributed by atoms with Crippen LogP contribution in [0.5, 0.6) is 6.01 Å². The van der Waals surface area contributed by atoms with Gasteiger partial charge < -0.3 is 9.64 Å². The zero-order valence-electron chi connectivity index (χ0n) is 9.42. The third kappa shape index (κ3) is 3.04. The van der Waals surface area contributed by atoms with Crippen LogP contribution in [0.3, 0.4) is 0 Å². The predicted molar refractivity (Wildman–Crippen MR) is 67.8 cm³/mol. The molecule has 0 aliphatic rings. The third-order valence-corrected chi connectivity index (χ3v) is 3.10. The molecule has 0 spiro atoms. The summed E-state index contributed by atoms with van der Waals surface area (Å²) in [6, 6.07) is 4.29. The highest BCUT2D eigenvalue weighted by Gasteiger charge is 2.10. The van der Waals surface area contributed by atoms with E-state index in [9.17, 15) is 0 Å². The van der Waals surface area contributed by atoms with Gasteiger partial charge in [0.25, 0.3) is 0 Å². The van der Waals surface area contributed by atoms with E-state index in [0.29, 0.717) is 5.95 Å². The molecule has 5 nitrogen and oxygen atoms in total. The number of methoxy groups -OCH3 is 1. The van der Waals surface area contributed by atoms with Crippen molar-refractivity contribution in [3.8, 4) is 6.01 Å². The zero-order valence-corrected chi connectivity index (χ0v) is 11.0. The summed E-state index contributed by atoms with van der Waals surface area (Å²) in [5.74, 6) is 0.496. The molecule has 0 saturated carbocycles. The summed E-state index contributed by atoms with van der Waals surface area (Å²) in [5.41, 5.74) is 0. The van der Waals surface area contributed by atoms with Gasteiger partial charge in [0, 0.05) is 11.9 Å². The van der Waals surface area contributed by atoms with Crippen LogP contribution in [0.25, 0.3) is 0 Å². The average Bonchev–Trinajstić information content (AvgIpc) is 2.81. The molecule has 0 fully saturated rings. The number of hydrogen-bond donors (Lipinski definition) is 0. The maximum Gasteiger partial charge on any atom is 0.322 e. The molecule has 0 N–H and O–H groups in total. The van der Waals surface area contributed by atoms with Gasteiger partial charge in [-0.25, -0.2) is 0 Å². The largest absolute Gasteiger partial charge is 0.467 e. The standard InChI is InChI=1S/C10H11ClN4OS/c1-15(6-7-4-3-5-17-7)9-12-8(11)13-10(14-9)16-2/h3-5H,6H2,1-2H3. The summed E-state index contributed by atoms with van der Waals surface area (Å²) in [6.45, 7) is 0.723. The Balaban J connectivity index is 2.18. The van der Waals surface area contributed by atoms with Gasteiger partial charge in [-0.3, -0.25) is 0 Å². The minimum atomic E-state index is 0.130. The number of nitrogens with zero attached hydrogens (tertiary/aromatic N) is 4. The number of hydrogen-bond acceptors (Lipinski definition) is 6. The maximum absolute atomic E-state index is 5.79. The predicted octanol–water partition coefficient (Wildman–Crippen LogP) is 2.23. The van der Waals surface area contributed by atoms with Crippen molar-refractivity contribution in [1.29, 1.82) is 0 Å². The highest BCUT2D eigenvalue weighted by atomic mass is 35.5. The monoisotopic (exact) mass is 270 g/mol. The first-order chi connectivity index (χ1) is 8.19. The molecular weight excluding hydrogens is 260 g/mol. The Labute approximate surface area is 108 Å². The fraction of sp³-hybridized carbons (Fsp3) is 0.300. The van der Waals surface area contributed by atoms with Gasteiger partial charge in [-0.15, -0.1) is 11.3 Å². The van der Waals surface area contributed by atoms with Gasteiger partial charge >= 0.3 is 6.01 Å². The number of rotatable bonds is 4. The lowest BCUT2D eigenvalue weighted by Crippen LogP contribution is -2.19. The number of aromatic nitrogens is 3. The molecule has 7 heteroatoms. The van der Waals surface area contributed by atoms with E-state index in [-0.39, 0.29) is 11.3 Å². The molecule has 2 heterocycles. The van der Waals surface area contributed by atoms with E-state index in [1.165, 1.54) is 12.0 Å². The quantitative estimate of drug-likeness (QED) is 0.853. The van der Waals surface area contributed by atoms with Gasteiger partial charge in [0.05, 0.1) is 13.7 Å². The second-order valence-electron chi connectivity index (χ2n) is 3.33. The Bertz CT molecular complexity index is 491. The first-order valence-corrected chi connectivity index (χ1v) is 6.14. The van der Waals surface area contributed by atoms with Crippen molar-refractivity contribution in [1.82, 2.24) is 15.0 Å². The summed E-state index contributed by atoms with van der Waals surface area (Å²) in [6.07, 6.45) is 0. The van der Waals surface area contributed by atoms with Crippen LogP contribution in [0.15, 0.2) is 17.5 Å². The van der Waals surface area contributed by atoms with Crippen molar-refractivity contribution in [2.24, 2.45) is 0 Å². The molecular formula is C10H11ClN4OS. The van der Waals surface area contributed by atoms with Crippen LogP contribution < -0.4 is 9.64 Å². The third-order valence-electron chi connectivity index (χ3n) is 2.07. The molecule has 90 valence electrons. The molecule has 0 saturated heterocycles. The van der Waals surface area contributed by atoms with E-state index in [4.69, 9.17) is 16.3 Å². The summed E-state index contributed by atoms with van der Waals surface area (Å²) in [7, 11) is 3.39. The Morgan fingerprint density at radius 2 is 2.24 bits per heavy atom. The molecule has 17 heavy (non-hydrogen) atoms. The summed E-state index contributed by atoms with van der Waals surface area (Å²) in [4.78, 5) is 15.1. The number of ether oxygens (including phenoxy) is 1. The molecule has 0 radical (unpaired) electrons. The Morgan fingerprint density at radius 3 is 2.88 bits per heavy atom. The van der Waals surface area contributed by atoms with Crippen molar-refractivity contribution < 1.29 is 4.74 Å². The van der Waals surface area contributed by atoms with Gasteiger partial charge in [0.15, 0.2) is 0 Å². The molecule has 0 aliphatic heterocycles. The molecule has 2 aromatic rings. The molecule has 0 amide bonds. The maximum atomic E-state index is 5.79. The highest BCUT2D eigenvalue weighted by Crippen LogP contribution is 2.17. The number of halogens is 1. The minimum absolute atomic E-state index is 0.130. The SMILES string of the molecule is COc1nc(Cl)nc(N(C)Cc2cccs2)n1. The van der Waals surface area contributed by atoms with Crippen molar-refractivity contribution in [2.45, 2.75) is 6.54 Å². The normalized spacial score (nSPS) is 10.3. The second kappa shape index (κ2) is 5.29. The van der Waals surface area contributed by atoms with Crippen LogP contribution >= 0.6 is 22.9 Å². The van der Waals surface area contributed by atoms with Crippen LogP contribution in [0, 0.1) is 0 Å². The van der Waals surface area contributed by atoms with Crippen molar-refractivity contribution in [2.75, 3.05) is 19.1 Å².